The Morgan fingerprint density at radius 3 is 2.60 bits per heavy atom. The molecule has 0 aliphatic rings. The molecule has 1 aromatic rings. The van der Waals surface area contributed by atoms with Crippen molar-refractivity contribution < 1.29 is 4.74 Å². The van der Waals surface area contributed by atoms with Gasteiger partial charge >= 0.3 is 0 Å². The minimum absolute atomic E-state index is 0.0538. The molecule has 1 rings (SSSR count). The second-order valence-electron chi connectivity index (χ2n) is 3.39. The molecule has 0 radical (unpaired) electrons. The van der Waals surface area contributed by atoms with Crippen LogP contribution < -0.4 is 10.5 Å². The van der Waals surface area contributed by atoms with Crippen molar-refractivity contribution in [2.24, 2.45) is 5.73 Å². The van der Waals surface area contributed by atoms with Gasteiger partial charge in [-0.2, -0.15) is 5.26 Å². The summed E-state index contributed by atoms with van der Waals surface area (Å²) in [4.78, 5) is 0.265. The van der Waals surface area contributed by atoms with Gasteiger partial charge in [0.2, 0.25) is 0 Å². The van der Waals surface area contributed by atoms with Crippen molar-refractivity contribution in [2.75, 3.05) is 0 Å². The van der Waals surface area contributed by atoms with Crippen LogP contribution in [0.3, 0.4) is 0 Å². The molecular formula is C11H12N2OS. The summed E-state index contributed by atoms with van der Waals surface area (Å²) in [5.74, 6) is 0.617. The maximum atomic E-state index is 8.81. The number of rotatable bonds is 3. The highest BCUT2D eigenvalue weighted by Crippen LogP contribution is 2.18. The fraction of sp³-hybridized carbons (Fsp3) is 0.273. The van der Waals surface area contributed by atoms with Crippen LogP contribution in [-0.4, -0.2) is 11.1 Å². The first kappa shape index (κ1) is 11.5. The molecule has 0 aromatic heterocycles. The van der Waals surface area contributed by atoms with Crippen molar-refractivity contribution >= 4 is 17.2 Å². The normalized spacial score (nSPS) is 9.73. The van der Waals surface area contributed by atoms with Crippen LogP contribution in [0.4, 0.5) is 0 Å². The molecule has 1 aromatic carbocycles. The second-order valence-corrected chi connectivity index (χ2v) is 3.83. The predicted octanol–water partition coefficient (Wildman–Crippen LogP) is 1.98. The molecule has 0 bridgehead atoms. The standard InChI is InChI=1S/C11H12N2OS/c1-7(2)14-10-4-8(6-12)3-9(5-10)11(13)15/h3-5,7H,1-2H3,(H2,13,15). The van der Waals surface area contributed by atoms with Gasteiger partial charge in [0.05, 0.1) is 17.7 Å². The van der Waals surface area contributed by atoms with Crippen molar-refractivity contribution in [2.45, 2.75) is 20.0 Å². The molecule has 4 heteroatoms. The summed E-state index contributed by atoms with van der Waals surface area (Å²) in [6.07, 6.45) is 0.0538. The average molecular weight is 220 g/mol. The molecule has 0 unspecified atom stereocenters. The summed E-state index contributed by atoms with van der Waals surface area (Å²) in [6.45, 7) is 3.83. The second kappa shape index (κ2) is 4.76. The van der Waals surface area contributed by atoms with Crippen LogP contribution in [0.25, 0.3) is 0 Å². The van der Waals surface area contributed by atoms with Gasteiger partial charge in [-0.25, -0.2) is 0 Å². The SMILES string of the molecule is CC(C)Oc1cc(C#N)cc(C(N)=S)c1. The largest absolute Gasteiger partial charge is 0.491 e. The smallest absolute Gasteiger partial charge is 0.121 e. The summed E-state index contributed by atoms with van der Waals surface area (Å²) in [6, 6.07) is 7.10. The van der Waals surface area contributed by atoms with E-state index in [1.165, 1.54) is 0 Å². The number of nitrogens with two attached hydrogens (primary N) is 1. The Morgan fingerprint density at radius 2 is 2.13 bits per heavy atom. The van der Waals surface area contributed by atoms with Gasteiger partial charge in [-0.15, -0.1) is 0 Å². The third-order valence-corrected chi connectivity index (χ3v) is 1.93. The Balaban J connectivity index is 3.13. The van der Waals surface area contributed by atoms with E-state index in [1.54, 1.807) is 18.2 Å². The zero-order chi connectivity index (χ0) is 11.4. The van der Waals surface area contributed by atoms with Gasteiger partial charge in [-0.05, 0) is 32.0 Å². The molecule has 3 nitrogen and oxygen atoms in total. The van der Waals surface area contributed by atoms with Crippen molar-refractivity contribution in [3.8, 4) is 11.8 Å². The zero-order valence-corrected chi connectivity index (χ0v) is 9.47. The molecule has 0 aliphatic heterocycles. The average Bonchev–Trinajstić information content (AvgIpc) is 2.16. The molecule has 0 fully saturated rings. The van der Waals surface area contributed by atoms with E-state index >= 15 is 0 Å². The number of hydrogen-bond donors (Lipinski definition) is 1. The van der Waals surface area contributed by atoms with Crippen LogP contribution in [0.1, 0.15) is 25.0 Å². The molecule has 15 heavy (non-hydrogen) atoms. The van der Waals surface area contributed by atoms with E-state index in [0.717, 1.165) is 0 Å². The van der Waals surface area contributed by atoms with Gasteiger partial charge in [-0.3, -0.25) is 0 Å². The molecule has 0 amide bonds. The van der Waals surface area contributed by atoms with Crippen molar-refractivity contribution in [3.05, 3.63) is 29.3 Å². The number of benzene rings is 1. The fourth-order valence-electron chi connectivity index (χ4n) is 1.15. The number of thiocarbonyl (C=S) groups is 1. The lowest BCUT2D eigenvalue weighted by atomic mass is 10.1. The van der Waals surface area contributed by atoms with Crippen LogP contribution in [0.15, 0.2) is 18.2 Å². The zero-order valence-electron chi connectivity index (χ0n) is 8.65. The maximum Gasteiger partial charge on any atom is 0.121 e. The lowest BCUT2D eigenvalue weighted by Gasteiger charge is -2.11. The monoisotopic (exact) mass is 220 g/mol. The van der Waals surface area contributed by atoms with E-state index in [0.29, 0.717) is 16.9 Å². The quantitative estimate of drug-likeness (QED) is 0.791. The highest BCUT2D eigenvalue weighted by Gasteiger charge is 2.05. The van der Waals surface area contributed by atoms with E-state index in [4.69, 9.17) is 28.0 Å². The third kappa shape index (κ3) is 3.22. The van der Waals surface area contributed by atoms with Crippen molar-refractivity contribution in [1.82, 2.24) is 0 Å². The van der Waals surface area contributed by atoms with Gasteiger partial charge in [0.1, 0.15) is 10.7 Å². The number of ether oxygens (including phenoxy) is 1. The molecule has 78 valence electrons. The summed E-state index contributed by atoms with van der Waals surface area (Å²) in [7, 11) is 0. The Hall–Kier alpha value is -1.60. The van der Waals surface area contributed by atoms with Gasteiger partial charge in [-0.1, -0.05) is 12.2 Å². The van der Waals surface area contributed by atoms with Crippen molar-refractivity contribution in [1.29, 1.82) is 5.26 Å². The minimum Gasteiger partial charge on any atom is -0.491 e. The van der Waals surface area contributed by atoms with Gasteiger partial charge < -0.3 is 10.5 Å². The third-order valence-electron chi connectivity index (χ3n) is 1.69. The predicted molar refractivity (Wildman–Crippen MR) is 62.8 cm³/mol. The van der Waals surface area contributed by atoms with E-state index in [9.17, 15) is 0 Å². The topological polar surface area (TPSA) is 59.0 Å². The molecule has 0 atom stereocenters. The molecular weight excluding hydrogens is 208 g/mol. The lowest BCUT2D eigenvalue weighted by Crippen LogP contribution is -2.11. The van der Waals surface area contributed by atoms with E-state index in [1.807, 2.05) is 19.9 Å². The Kier molecular flexibility index (Phi) is 3.64. The highest BCUT2D eigenvalue weighted by atomic mass is 32.1. The Bertz CT molecular complexity index is 421. The first-order chi connectivity index (χ1) is 7.02. The summed E-state index contributed by atoms with van der Waals surface area (Å²) in [5.41, 5.74) is 6.65. The number of nitriles is 1. The summed E-state index contributed by atoms with van der Waals surface area (Å²) in [5, 5.41) is 8.81. The number of hydrogen-bond acceptors (Lipinski definition) is 3. The molecule has 0 saturated carbocycles. The maximum absolute atomic E-state index is 8.81. The van der Waals surface area contributed by atoms with Crippen LogP contribution >= 0.6 is 12.2 Å². The minimum atomic E-state index is 0.0538. The van der Waals surface area contributed by atoms with Crippen LogP contribution in [0, 0.1) is 11.3 Å². The van der Waals surface area contributed by atoms with Gasteiger partial charge in [0, 0.05) is 5.56 Å². The van der Waals surface area contributed by atoms with Crippen LogP contribution in [-0.2, 0) is 0 Å². The highest BCUT2D eigenvalue weighted by molar-refractivity contribution is 7.80. The van der Waals surface area contributed by atoms with Gasteiger partial charge in [0.25, 0.3) is 0 Å². The first-order valence-corrected chi connectivity index (χ1v) is 4.95. The summed E-state index contributed by atoms with van der Waals surface area (Å²) >= 11 is 4.86. The number of nitrogens with zero attached hydrogens (tertiary/aromatic N) is 1. The Labute approximate surface area is 94.5 Å². The van der Waals surface area contributed by atoms with Crippen LogP contribution in [0.2, 0.25) is 0 Å². The first-order valence-electron chi connectivity index (χ1n) is 4.54. The molecule has 0 aliphatic carbocycles. The van der Waals surface area contributed by atoms with E-state index < -0.39 is 0 Å². The van der Waals surface area contributed by atoms with Gasteiger partial charge in [0.15, 0.2) is 0 Å². The lowest BCUT2D eigenvalue weighted by molar-refractivity contribution is 0.242. The molecule has 0 saturated heterocycles. The molecule has 2 N–H and O–H groups in total. The molecule has 0 spiro atoms. The van der Waals surface area contributed by atoms with E-state index in [2.05, 4.69) is 0 Å². The van der Waals surface area contributed by atoms with Crippen molar-refractivity contribution in [3.63, 3.8) is 0 Å². The summed E-state index contributed by atoms with van der Waals surface area (Å²) < 4.78 is 5.48. The fourth-order valence-corrected chi connectivity index (χ4v) is 1.26. The Morgan fingerprint density at radius 1 is 1.47 bits per heavy atom. The van der Waals surface area contributed by atoms with E-state index in [-0.39, 0.29) is 11.1 Å². The van der Waals surface area contributed by atoms with Crippen LogP contribution in [0.5, 0.6) is 5.75 Å². The molecule has 0 heterocycles.